The predicted octanol–water partition coefficient (Wildman–Crippen LogP) is 3.05. The molecule has 3 rings (SSSR count). The van der Waals surface area contributed by atoms with E-state index in [1.807, 2.05) is 12.1 Å². The van der Waals surface area contributed by atoms with Gasteiger partial charge in [-0.3, -0.25) is 4.79 Å². The molecular formula is C15H19NO. The van der Waals surface area contributed by atoms with Crippen LogP contribution in [0.25, 0.3) is 0 Å². The topological polar surface area (TPSA) is 20.3 Å². The largest absolute Gasteiger partial charge is 0.370 e. The summed E-state index contributed by atoms with van der Waals surface area (Å²) in [7, 11) is 0. The van der Waals surface area contributed by atoms with Gasteiger partial charge >= 0.3 is 0 Å². The first-order valence-corrected chi connectivity index (χ1v) is 6.63. The van der Waals surface area contributed by atoms with E-state index in [-0.39, 0.29) is 5.78 Å². The molecule has 0 bridgehead atoms. The summed E-state index contributed by atoms with van der Waals surface area (Å²) in [6.07, 6.45) is 5.23. The second-order valence-corrected chi connectivity index (χ2v) is 5.36. The Bertz CT molecular complexity index is 448. The summed E-state index contributed by atoms with van der Waals surface area (Å²) >= 11 is 0. The number of hydrogen-bond donors (Lipinski definition) is 0. The Morgan fingerprint density at radius 3 is 2.88 bits per heavy atom. The van der Waals surface area contributed by atoms with Crippen molar-refractivity contribution < 1.29 is 4.79 Å². The van der Waals surface area contributed by atoms with Gasteiger partial charge in [0, 0.05) is 18.7 Å². The lowest BCUT2D eigenvalue weighted by Crippen LogP contribution is -2.31. The zero-order valence-corrected chi connectivity index (χ0v) is 10.4. The molecule has 1 aliphatic carbocycles. The molecule has 1 aromatic carbocycles. The molecule has 2 aliphatic rings. The van der Waals surface area contributed by atoms with E-state index in [4.69, 9.17) is 0 Å². The lowest BCUT2D eigenvalue weighted by molar-refractivity contribution is 0.101. The first-order chi connectivity index (χ1) is 8.25. The van der Waals surface area contributed by atoms with Crippen LogP contribution in [0.2, 0.25) is 0 Å². The summed E-state index contributed by atoms with van der Waals surface area (Å²) in [5, 5.41) is 0. The van der Waals surface area contributed by atoms with Crippen LogP contribution in [0.15, 0.2) is 18.2 Å². The Morgan fingerprint density at radius 2 is 2.24 bits per heavy atom. The summed E-state index contributed by atoms with van der Waals surface area (Å²) in [5.74, 6) is 1.06. The third-order valence-corrected chi connectivity index (χ3v) is 4.17. The van der Waals surface area contributed by atoms with Crippen LogP contribution in [0.4, 0.5) is 5.69 Å². The lowest BCUT2D eigenvalue weighted by Gasteiger charge is -2.32. The molecule has 0 radical (unpaired) electrons. The fourth-order valence-corrected chi connectivity index (χ4v) is 2.99. The second-order valence-electron chi connectivity index (χ2n) is 5.36. The van der Waals surface area contributed by atoms with Gasteiger partial charge in [0.15, 0.2) is 5.78 Å². The minimum atomic E-state index is 0.197. The van der Waals surface area contributed by atoms with E-state index in [2.05, 4.69) is 11.0 Å². The summed E-state index contributed by atoms with van der Waals surface area (Å²) in [5.41, 5.74) is 3.50. The van der Waals surface area contributed by atoms with Crippen LogP contribution in [0.3, 0.4) is 0 Å². The molecule has 0 amide bonds. The SMILES string of the molecule is CC(=O)c1cccc2c1N(CC1CCC1)CC2. The van der Waals surface area contributed by atoms with E-state index >= 15 is 0 Å². The quantitative estimate of drug-likeness (QED) is 0.742. The number of nitrogens with zero attached hydrogens (tertiary/aromatic N) is 1. The van der Waals surface area contributed by atoms with E-state index in [1.165, 1.54) is 30.5 Å². The highest BCUT2D eigenvalue weighted by molar-refractivity contribution is 6.00. The van der Waals surface area contributed by atoms with Gasteiger partial charge in [-0.25, -0.2) is 0 Å². The number of hydrogen-bond acceptors (Lipinski definition) is 2. The van der Waals surface area contributed by atoms with Crippen molar-refractivity contribution in [3.63, 3.8) is 0 Å². The Labute approximate surface area is 103 Å². The first kappa shape index (κ1) is 10.8. The predicted molar refractivity (Wildman–Crippen MR) is 69.7 cm³/mol. The van der Waals surface area contributed by atoms with Crippen LogP contribution in [-0.2, 0) is 6.42 Å². The van der Waals surface area contributed by atoms with Crippen LogP contribution in [0.1, 0.15) is 42.1 Å². The third kappa shape index (κ3) is 1.86. The minimum Gasteiger partial charge on any atom is -0.370 e. The van der Waals surface area contributed by atoms with Gasteiger partial charge in [0.05, 0.1) is 5.69 Å². The van der Waals surface area contributed by atoms with Crippen LogP contribution >= 0.6 is 0 Å². The maximum Gasteiger partial charge on any atom is 0.161 e. The number of Topliss-reactive ketones (excluding diaryl/α,β-unsaturated/α-hetero) is 1. The van der Waals surface area contributed by atoms with E-state index in [0.29, 0.717) is 0 Å². The maximum atomic E-state index is 11.7. The standard InChI is InChI=1S/C15H19NO/c1-11(17)14-7-3-6-13-8-9-16(15(13)14)10-12-4-2-5-12/h3,6-7,12H,2,4-5,8-10H2,1H3. The zero-order valence-electron chi connectivity index (χ0n) is 10.4. The van der Waals surface area contributed by atoms with Crippen molar-refractivity contribution in [3.05, 3.63) is 29.3 Å². The van der Waals surface area contributed by atoms with E-state index in [1.54, 1.807) is 6.92 Å². The zero-order chi connectivity index (χ0) is 11.8. The number of carbonyl (C=O) groups excluding carboxylic acids is 1. The molecular weight excluding hydrogens is 210 g/mol. The smallest absolute Gasteiger partial charge is 0.161 e. The van der Waals surface area contributed by atoms with Crippen LogP contribution in [0, 0.1) is 5.92 Å². The normalized spacial score (nSPS) is 19.0. The van der Waals surface area contributed by atoms with Crippen LogP contribution < -0.4 is 4.90 Å². The second kappa shape index (κ2) is 4.17. The molecule has 0 saturated heterocycles. The van der Waals surface area contributed by atoms with Crippen molar-refractivity contribution in [2.45, 2.75) is 32.6 Å². The fourth-order valence-electron chi connectivity index (χ4n) is 2.99. The van der Waals surface area contributed by atoms with Gasteiger partial charge < -0.3 is 4.90 Å². The monoisotopic (exact) mass is 229 g/mol. The molecule has 0 aromatic heterocycles. The van der Waals surface area contributed by atoms with Crippen molar-refractivity contribution in [1.82, 2.24) is 0 Å². The fraction of sp³-hybridized carbons (Fsp3) is 0.533. The van der Waals surface area contributed by atoms with Gasteiger partial charge in [-0.2, -0.15) is 0 Å². The van der Waals surface area contributed by atoms with Gasteiger partial charge in [-0.1, -0.05) is 18.6 Å². The Morgan fingerprint density at radius 1 is 1.41 bits per heavy atom. The molecule has 2 nitrogen and oxygen atoms in total. The molecule has 1 aromatic rings. The van der Waals surface area contributed by atoms with Gasteiger partial charge in [0.25, 0.3) is 0 Å². The van der Waals surface area contributed by atoms with E-state index in [0.717, 1.165) is 31.0 Å². The number of carbonyl (C=O) groups is 1. The third-order valence-electron chi connectivity index (χ3n) is 4.17. The van der Waals surface area contributed by atoms with Crippen molar-refractivity contribution in [2.24, 2.45) is 5.92 Å². The molecule has 0 spiro atoms. The minimum absolute atomic E-state index is 0.197. The number of rotatable bonds is 3. The lowest BCUT2D eigenvalue weighted by atomic mass is 9.85. The molecule has 2 heteroatoms. The average molecular weight is 229 g/mol. The van der Waals surface area contributed by atoms with Crippen LogP contribution in [0.5, 0.6) is 0 Å². The number of anilines is 1. The first-order valence-electron chi connectivity index (χ1n) is 6.63. The van der Waals surface area contributed by atoms with Gasteiger partial charge in [-0.15, -0.1) is 0 Å². The number of ketones is 1. The molecule has 90 valence electrons. The van der Waals surface area contributed by atoms with Crippen molar-refractivity contribution in [2.75, 3.05) is 18.0 Å². The van der Waals surface area contributed by atoms with Crippen molar-refractivity contribution in [1.29, 1.82) is 0 Å². The summed E-state index contributed by atoms with van der Waals surface area (Å²) in [4.78, 5) is 14.1. The van der Waals surface area contributed by atoms with Crippen LogP contribution in [-0.4, -0.2) is 18.9 Å². The molecule has 1 fully saturated rings. The van der Waals surface area contributed by atoms with Gasteiger partial charge in [0.1, 0.15) is 0 Å². The number of para-hydroxylation sites is 1. The number of benzene rings is 1. The van der Waals surface area contributed by atoms with Crippen molar-refractivity contribution >= 4 is 11.5 Å². The summed E-state index contributed by atoms with van der Waals surface area (Å²) in [6.45, 7) is 3.92. The van der Waals surface area contributed by atoms with E-state index < -0.39 is 0 Å². The molecule has 1 heterocycles. The Balaban J connectivity index is 1.90. The molecule has 0 N–H and O–H groups in total. The highest BCUT2D eigenvalue weighted by Gasteiger charge is 2.27. The molecule has 17 heavy (non-hydrogen) atoms. The highest BCUT2D eigenvalue weighted by Crippen LogP contribution is 2.35. The maximum absolute atomic E-state index is 11.7. The Kier molecular flexibility index (Phi) is 2.65. The molecule has 0 unspecified atom stereocenters. The Hall–Kier alpha value is -1.31. The summed E-state index contributed by atoms with van der Waals surface area (Å²) < 4.78 is 0. The number of fused-ring (bicyclic) bond motifs is 1. The highest BCUT2D eigenvalue weighted by atomic mass is 16.1. The van der Waals surface area contributed by atoms with Gasteiger partial charge in [-0.05, 0) is 43.7 Å². The average Bonchev–Trinajstić information content (AvgIpc) is 2.66. The van der Waals surface area contributed by atoms with E-state index in [9.17, 15) is 4.79 Å². The van der Waals surface area contributed by atoms with Crippen molar-refractivity contribution in [3.8, 4) is 0 Å². The van der Waals surface area contributed by atoms with Gasteiger partial charge in [0.2, 0.25) is 0 Å². The summed E-state index contributed by atoms with van der Waals surface area (Å²) in [6, 6.07) is 6.16. The molecule has 1 saturated carbocycles. The molecule has 1 aliphatic heterocycles. The molecule has 0 atom stereocenters.